The average molecular weight is 582 g/mol. The van der Waals surface area contributed by atoms with Gasteiger partial charge in [0.05, 0.1) is 13.2 Å². The zero-order valence-electron chi connectivity index (χ0n) is 20.8. The molecule has 14 heteroatoms. The number of fused-ring (bicyclic) bond motifs is 1. The van der Waals surface area contributed by atoms with Crippen molar-refractivity contribution in [3.8, 4) is 0 Å². The SMILES string of the molecule is O=C(NC(Cc1cc(=O)[nH]c2ccccc12)C(=O)OCCN1CCOCC1)c1ccc(Cl)cc1.O=P(O)(O)O. The van der Waals surface area contributed by atoms with Crippen LogP contribution in [0.1, 0.15) is 15.9 Å². The van der Waals surface area contributed by atoms with E-state index in [2.05, 4.69) is 15.2 Å². The van der Waals surface area contributed by atoms with Gasteiger partial charge in [-0.05, 0) is 35.9 Å². The first-order valence-corrected chi connectivity index (χ1v) is 13.9. The zero-order chi connectivity index (χ0) is 28.4. The van der Waals surface area contributed by atoms with E-state index in [9.17, 15) is 14.4 Å². The van der Waals surface area contributed by atoms with Crippen LogP contribution < -0.4 is 10.9 Å². The van der Waals surface area contributed by atoms with E-state index in [0.717, 1.165) is 18.5 Å². The molecule has 0 aliphatic carbocycles. The number of pyridine rings is 1. The Morgan fingerprint density at radius 1 is 1.10 bits per heavy atom. The van der Waals surface area contributed by atoms with Gasteiger partial charge in [-0.3, -0.25) is 14.5 Å². The number of amides is 1. The molecule has 2 heterocycles. The van der Waals surface area contributed by atoms with Crippen LogP contribution in [0, 0.1) is 0 Å². The first-order chi connectivity index (χ1) is 18.5. The van der Waals surface area contributed by atoms with E-state index in [1.165, 1.54) is 6.07 Å². The number of nitrogens with one attached hydrogen (secondary N) is 2. The number of para-hydroxylation sites is 1. The second-order valence-corrected chi connectivity index (χ2v) is 10.0. The van der Waals surface area contributed by atoms with Crippen LogP contribution in [0.4, 0.5) is 0 Å². The highest BCUT2D eigenvalue weighted by atomic mass is 35.5. The molecular formula is C25H29ClN3O9P. The second-order valence-electron chi connectivity index (χ2n) is 8.58. The van der Waals surface area contributed by atoms with Crippen molar-refractivity contribution in [1.29, 1.82) is 0 Å². The van der Waals surface area contributed by atoms with Crippen LogP contribution in [-0.2, 0) is 25.3 Å². The number of H-pyrrole nitrogens is 1. The molecule has 1 fully saturated rings. The van der Waals surface area contributed by atoms with Gasteiger partial charge in [0.2, 0.25) is 5.56 Å². The maximum atomic E-state index is 13.0. The molecule has 1 aliphatic rings. The van der Waals surface area contributed by atoms with Gasteiger partial charge in [0.15, 0.2) is 0 Å². The molecule has 1 unspecified atom stereocenters. The van der Waals surface area contributed by atoms with Crippen molar-refractivity contribution in [2.24, 2.45) is 0 Å². The van der Waals surface area contributed by atoms with Crippen LogP contribution in [0.2, 0.25) is 5.02 Å². The van der Waals surface area contributed by atoms with Gasteiger partial charge >= 0.3 is 13.8 Å². The number of benzene rings is 2. The van der Waals surface area contributed by atoms with Crippen LogP contribution in [0.15, 0.2) is 59.4 Å². The number of hydrogen-bond acceptors (Lipinski definition) is 7. The van der Waals surface area contributed by atoms with E-state index in [1.807, 2.05) is 18.2 Å². The molecule has 5 N–H and O–H groups in total. The normalized spacial score (nSPS) is 14.7. The number of esters is 1. The number of aromatic nitrogens is 1. The lowest BCUT2D eigenvalue weighted by molar-refractivity contribution is -0.146. The van der Waals surface area contributed by atoms with Crippen LogP contribution in [-0.4, -0.2) is 81.9 Å². The first kappa shape index (κ1) is 30.5. The third-order valence-electron chi connectivity index (χ3n) is 5.71. The van der Waals surface area contributed by atoms with Gasteiger partial charge in [-0.1, -0.05) is 29.8 Å². The molecular weight excluding hydrogens is 553 g/mol. The van der Waals surface area contributed by atoms with Crippen molar-refractivity contribution < 1.29 is 38.3 Å². The number of rotatable bonds is 8. The number of carbonyl (C=O) groups is 2. The molecule has 1 amide bonds. The fraction of sp³-hybridized carbons (Fsp3) is 0.320. The summed E-state index contributed by atoms with van der Waals surface area (Å²) in [7, 11) is -4.64. The Labute approximate surface area is 228 Å². The summed E-state index contributed by atoms with van der Waals surface area (Å²) in [4.78, 5) is 64.6. The Kier molecular flexibility index (Phi) is 11.2. The highest BCUT2D eigenvalue weighted by molar-refractivity contribution is 7.45. The number of halogens is 1. The summed E-state index contributed by atoms with van der Waals surface area (Å²) in [6.45, 7) is 3.66. The highest BCUT2D eigenvalue weighted by Crippen LogP contribution is 2.25. The summed E-state index contributed by atoms with van der Waals surface area (Å²) in [5.41, 5.74) is 1.39. The summed E-state index contributed by atoms with van der Waals surface area (Å²) < 4.78 is 19.8. The van der Waals surface area contributed by atoms with Crippen molar-refractivity contribution in [2.45, 2.75) is 12.5 Å². The monoisotopic (exact) mass is 581 g/mol. The van der Waals surface area contributed by atoms with Crippen LogP contribution in [0.25, 0.3) is 10.9 Å². The van der Waals surface area contributed by atoms with Crippen molar-refractivity contribution in [3.05, 3.63) is 81.1 Å². The molecule has 3 aromatic rings. The molecule has 210 valence electrons. The van der Waals surface area contributed by atoms with E-state index in [1.54, 1.807) is 30.3 Å². The minimum atomic E-state index is -4.64. The smallest absolute Gasteiger partial charge is 0.463 e. The van der Waals surface area contributed by atoms with Gasteiger partial charge in [-0.2, -0.15) is 0 Å². The number of aromatic amines is 1. The third kappa shape index (κ3) is 10.5. The Morgan fingerprint density at radius 2 is 1.74 bits per heavy atom. The van der Waals surface area contributed by atoms with Crippen molar-refractivity contribution in [3.63, 3.8) is 0 Å². The Balaban J connectivity index is 0.000000771. The lowest BCUT2D eigenvalue weighted by Gasteiger charge is -2.26. The fourth-order valence-electron chi connectivity index (χ4n) is 3.90. The van der Waals surface area contributed by atoms with Crippen LogP contribution in [0.5, 0.6) is 0 Å². The molecule has 2 aromatic carbocycles. The molecule has 0 saturated carbocycles. The Hall–Kier alpha value is -3.09. The minimum Gasteiger partial charge on any atom is -0.463 e. The third-order valence-corrected chi connectivity index (χ3v) is 5.96. The number of phosphoric acid groups is 1. The van der Waals surface area contributed by atoms with Crippen molar-refractivity contribution in [1.82, 2.24) is 15.2 Å². The van der Waals surface area contributed by atoms with Gasteiger partial charge in [0, 0.05) is 53.6 Å². The van der Waals surface area contributed by atoms with Gasteiger partial charge in [0.1, 0.15) is 12.6 Å². The highest BCUT2D eigenvalue weighted by Gasteiger charge is 2.25. The molecule has 12 nitrogen and oxygen atoms in total. The summed E-state index contributed by atoms with van der Waals surface area (Å²) in [6, 6.07) is 14.2. The fourth-order valence-corrected chi connectivity index (χ4v) is 4.03. The predicted octanol–water partition coefficient (Wildman–Crippen LogP) is 1.47. The molecule has 1 aromatic heterocycles. The Morgan fingerprint density at radius 3 is 2.41 bits per heavy atom. The van der Waals surface area contributed by atoms with E-state index in [-0.39, 0.29) is 18.6 Å². The van der Waals surface area contributed by atoms with Crippen LogP contribution >= 0.6 is 19.4 Å². The van der Waals surface area contributed by atoms with Gasteiger partial charge in [-0.15, -0.1) is 0 Å². The summed E-state index contributed by atoms with van der Waals surface area (Å²) >= 11 is 5.92. The maximum absolute atomic E-state index is 13.0. The van der Waals surface area contributed by atoms with E-state index >= 15 is 0 Å². The molecule has 39 heavy (non-hydrogen) atoms. The van der Waals surface area contributed by atoms with Gasteiger partial charge < -0.3 is 34.5 Å². The molecule has 4 rings (SSSR count). The first-order valence-electron chi connectivity index (χ1n) is 11.9. The number of ether oxygens (including phenoxy) is 2. The molecule has 0 bridgehead atoms. The minimum absolute atomic E-state index is 0.111. The topological polar surface area (TPSA) is 178 Å². The second kappa shape index (κ2) is 14.3. The van der Waals surface area contributed by atoms with E-state index in [4.69, 9.17) is 40.3 Å². The summed E-state index contributed by atoms with van der Waals surface area (Å²) in [5, 5.41) is 4.08. The van der Waals surface area contributed by atoms with Crippen LogP contribution in [0.3, 0.4) is 0 Å². The Bertz CT molecular complexity index is 1360. The van der Waals surface area contributed by atoms with Gasteiger partial charge in [0.25, 0.3) is 5.91 Å². The average Bonchev–Trinajstić information content (AvgIpc) is 2.88. The number of hydrogen-bond donors (Lipinski definition) is 5. The number of morpholine rings is 1. The quantitative estimate of drug-likeness (QED) is 0.193. The molecule has 1 atom stereocenters. The molecule has 0 radical (unpaired) electrons. The summed E-state index contributed by atoms with van der Waals surface area (Å²) in [5.74, 6) is -0.985. The summed E-state index contributed by atoms with van der Waals surface area (Å²) in [6.07, 6.45) is 0.111. The predicted molar refractivity (Wildman–Crippen MR) is 143 cm³/mol. The molecule has 1 saturated heterocycles. The molecule has 1 aliphatic heterocycles. The standard InChI is InChI=1S/C25H26ClN3O5.H3O4P/c26-19-7-5-17(6-8-19)24(31)28-22(25(32)34-14-11-29-9-12-33-13-10-29)15-18-16-23(30)27-21-4-2-1-3-20(18)21;1-5(2,3)4/h1-8,16,22H,9-15H2,(H,27,30)(H,28,31);(H3,1,2,3,4). The lowest BCUT2D eigenvalue weighted by atomic mass is 10.0. The van der Waals surface area contributed by atoms with E-state index < -0.39 is 25.7 Å². The lowest BCUT2D eigenvalue weighted by Crippen LogP contribution is -2.44. The van der Waals surface area contributed by atoms with Gasteiger partial charge in [-0.25, -0.2) is 9.36 Å². The largest absolute Gasteiger partial charge is 0.466 e. The van der Waals surface area contributed by atoms with Crippen molar-refractivity contribution in [2.75, 3.05) is 39.5 Å². The number of nitrogens with zero attached hydrogens (tertiary/aromatic N) is 1. The zero-order valence-corrected chi connectivity index (χ0v) is 22.4. The molecule has 0 spiro atoms. The van der Waals surface area contributed by atoms with Crippen molar-refractivity contribution >= 4 is 42.2 Å². The van der Waals surface area contributed by atoms with E-state index in [0.29, 0.717) is 41.4 Å². The number of carbonyl (C=O) groups excluding carboxylic acids is 2. The maximum Gasteiger partial charge on any atom is 0.466 e.